The summed E-state index contributed by atoms with van der Waals surface area (Å²) in [5.74, 6) is -0.135. The summed E-state index contributed by atoms with van der Waals surface area (Å²) in [7, 11) is 0. The SMILES string of the molecule is O=C(c1cc(Cl)sc1Cl)N(CCO)C1CC1. The fraction of sp³-hybridized carbons (Fsp3) is 0.500. The van der Waals surface area contributed by atoms with Crippen LogP contribution in [0.5, 0.6) is 0 Å². The van der Waals surface area contributed by atoms with Crippen LogP contribution in [-0.2, 0) is 0 Å². The molecule has 1 fully saturated rings. The molecule has 1 amide bonds. The van der Waals surface area contributed by atoms with Gasteiger partial charge in [0.2, 0.25) is 0 Å². The summed E-state index contributed by atoms with van der Waals surface area (Å²) in [5, 5.41) is 8.93. The first-order valence-corrected chi connectivity index (χ1v) is 6.57. The van der Waals surface area contributed by atoms with Crippen LogP contribution in [0.15, 0.2) is 6.07 Å². The summed E-state index contributed by atoms with van der Waals surface area (Å²) in [6.07, 6.45) is 2.00. The van der Waals surface area contributed by atoms with E-state index in [0.29, 0.717) is 20.8 Å². The van der Waals surface area contributed by atoms with Crippen molar-refractivity contribution in [3.63, 3.8) is 0 Å². The number of halogens is 2. The number of hydrogen-bond acceptors (Lipinski definition) is 3. The summed E-state index contributed by atoms with van der Waals surface area (Å²) in [6, 6.07) is 1.85. The van der Waals surface area contributed by atoms with Crippen molar-refractivity contribution in [2.45, 2.75) is 18.9 Å². The molecule has 0 aliphatic heterocycles. The van der Waals surface area contributed by atoms with Crippen LogP contribution in [0, 0.1) is 0 Å². The quantitative estimate of drug-likeness (QED) is 0.921. The summed E-state index contributed by atoms with van der Waals surface area (Å²) >= 11 is 12.9. The van der Waals surface area contributed by atoms with E-state index in [1.165, 1.54) is 11.3 Å². The van der Waals surface area contributed by atoms with E-state index >= 15 is 0 Å². The fourth-order valence-electron chi connectivity index (χ4n) is 1.58. The summed E-state index contributed by atoms with van der Waals surface area (Å²) < 4.78 is 0.923. The highest BCUT2D eigenvalue weighted by Crippen LogP contribution is 2.34. The van der Waals surface area contributed by atoms with Gasteiger partial charge in [-0.25, -0.2) is 0 Å². The predicted molar refractivity (Wildman–Crippen MR) is 65.5 cm³/mol. The predicted octanol–water partition coefficient (Wildman–Crippen LogP) is 2.65. The number of nitrogens with zero attached hydrogens (tertiary/aromatic N) is 1. The maximum Gasteiger partial charge on any atom is 0.256 e. The molecule has 1 saturated carbocycles. The molecule has 16 heavy (non-hydrogen) atoms. The lowest BCUT2D eigenvalue weighted by molar-refractivity contribution is 0.0708. The van der Waals surface area contributed by atoms with Crippen LogP contribution in [0.25, 0.3) is 0 Å². The van der Waals surface area contributed by atoms with Crippen LogP contribution in [0.2, 0.25) is 8.67 Å². The molecule has 1 aliphatic carbocycles. The van der Waals surface area contributed by atoms with Gasteiger partial charge in [0.1, 0.15) is 4.34 Å². The van der Waals surface area contributed by atoms with Crippen molar-refractivity contribution in [3.8, 4) is 0 Å². The van der Waals surface area contributed by atoms with Crippen molar-refractivity contribution in [3.05, 3.63) is 20.3 Å². The van der Waals surface area contributed by atoms with Gasteiger partial charge in [-0.05, 0) is 18.9 Å². The van der Waals surface area contributed by atoms with Gasteiger partial charge in [0, 0.05) is 12.6 Å². The molecule has 0 unspecified atom stereocenters. The Labute approximate surface area is 108 Å². The van der Waals surface area contributed by atoms with Gasteiger partial charge in [-0.15, -0.1) is 11.3 Å². The maximum atomic E-state index is 12.1. The zero-order valence-electron chi connectivity index (χ0n) is 8.45. The lowest BCUT2D eigenvalue weighted by Crippen LogP contribution is -2.35. The number of carbonyl (C=O) groups excluding carboxylic acids is 1. The van der Waals surface area contributed by atoms with E-state index in [4.69, 9.17) is 28.3 Å². The second-order valence-corrected chi connectivity index (χ2v) is 5.98. The van der Waals surface area contributed by atoms with E-state index in [1.54, 1.807) is 11.0 Å². The molecular formula is C10H11Cl2NO2S. The van der Waals surface area contributed by atoms with Crippen LogP contribution in [-0.4, -0.2) is 35.1 Å². The molecule has 1 aliphatic rings. The fourth-order valence-corrected chi connectivity index (χ4v) is 3.03. The average molecular weight is 280 g/mol. The number of amides is 1. The normalized spacial score (nSPS) is 15.2. The minimum absolute atomic E-state index is 0.0300. The Morgan fingerprint density at radius 3 is 2.69 bits per heavy atom. The molecule has 0 spiro atoms. The highest BCUT2D eigenvalue weighted by molar-refractivity contribution is 7.20. The number of aliphatic hydroxyl groups is 1. The molecule has 1 N–H and O–H groups in total. The molecule has 1 heterocycles. The smallest absolute Gasteiger partial charge is 0.256 e. The molecule has 0 bridgehead atoms. The molecule has 0 aromatic carbocycles. The molecule has 0 radical (unpaired) electrons. The van der Waals surface area contributed by atoms with Crippen LogP contribution in [0.4, 0.5) is 0 Å². The molecule has 0 saturated heterocycles. The summed E-state index contributed by atoms with van der Waals surface area (Å²) in [4.78, 5) is 13.8. The van der Waals surface area contributed by atoms with E-state index < -0.39 is 0 Å². The number of carbonyl (C=O) groups is 1. The first-order chi connectivity index (χ1) is 7.63. The van der Waals surface area contributed by atoms with Gasteiger partial charge < -0.3 is 10.0 Å². The second-order valence-electron chi connectivity index (χ2n) is 3.69. The van der Waals surface area contributed by atoms with Crippen molar-refractivity contribution >= 4 is 40.4 Å². The summed E-state index contributed by atoms with van der Waals surface area (Å²) in [6.45, 7) is 0.324. The molecule has 3 nitrogen and oxygen atoms in total. The van der Waals surface area contributed by atoms with Crippen LogP contribution in [0.3, 0.4) is 0 Å². The zero-order valence-corrected chi connectivity index (χ0v) is 10.8. The second kappa shape index (κ2) is 4.92. The minimum atomic E-state index is -0.135. The number of aliphatic hydroxyl groups excluding tert-OH is 1. The van der Waals surface area contributed by atoms with Crippen molar-refractivity contribution in [2.24, 2.45) is 0 Å². The van der Waals surface area contributed by atoms with Gasteiger partial charge in [0.25, 0.3) is 5.91 Å². The standard InChI is InChI=1S/C10H11Cl2NO2S/c11-8-5-7(9(12)16-8)10(15)13(3-4-14)6-1-2-6/h5-6,14H,1-4H2. The first-order valence-electron chi connectivity index (χ1n) is 5.00. The Hall–Kier alpha value is -0.290. The Bertz CT molecular complexity index is 404. The van der Waals surface area contributed by atoms with Gasteiger partial charge in [-0.1, -0.05) is 23.2 Å². The third kappa shape index (κ3) is 2.51. The molecule has 1 aromatic heterocycles. The topological polar surface area (TPSA) is 40.5 Å². The number of rotatable bonds is 4. The molecule has 88 valence electrons. The highest BCUT2D eigenvalue weighted by Gasteiger charge is 2.33. The van der Waals surface area contributed by atoms with E-state index in [0.717, 1.165) is 12.8 Å². The average Bonchev–Trinajstić information content (AvgIpc) is 3.00. The van der Waals surface area contributed by atoms with Crippen molar-refractivity contribution in [2.75, 3.05) is 13.2 Å². The van der Waals surface area contributed by atoms with Crippen molar-refractivity contribution in [1.82, 2.24) is 4.90 Å². The maximum absolute atomic E-state index is 12.1. The lowest BCUT2D eigenvalue weighted by Gasteiger charge is -2.20. The van der Waals surface area contributed by atoms with Crippen LogP contribution < -0.4 is 0 Å². The lowest BCUT2D eigenvalue weighted by atomic mass is 10.3. The van der Waals surface area contributed by atoms with E-state index in [1.807, 2.05) is 0 Å². The highest BCUT2D eigenvalue weighted by atomic mass is 35.5. The third-order valence-corrected chi connectivity index (χ3v) is 3.96. The number of hydrogen-bond donors (Lipinski definition) is 1. The zero-order chi connectivity index (χ0) is 11.7. The molecule has 6 heteroatoms. The first kappa shape index (κ1) is 12.2. The van der Waals surface area contributed by atoms with Crippen LogP contribution in [0.1, 0.15) is 23.2 Å². The largest absolute Gasteiger partial charge is 0.395 e. The van der Waals surface area contributed by atoms with E-state index in [-0.39, 0.29) is 18.6 Å². The Balaban J connectivity index is 2.18. The summed E-state index contributed by atoms with van der Waals surface area (Å²) in [5.41, 5.74) is 0.442. The molecular weight excluding hydrogens is 269 g/mol. The van der Waals surface area contributed by atoms with Crippen molar-refractivity contribution < 1.29 is 9.90 Å². The van der Waals surface area contributed by atoms with Gasteiger partial charge >= 0.3 is 0 Å². The van der Waals surface area contributed by atoms with Gasteiger partial charge in [0.15, 0.2) is 0 Å². The molecule has 2 rings (SSSR count). The van der Waals surface area contributed by atoms with E-state index in [9.17, 15) is 4.79 Å². The van der Waals surface area contributed by atoms with Crippen molar-refractivity contribution in [1.29, 1.82) is 0 Å². The molecule has 1 aromatic rings. The van der Waals surface area contributed by atoms with Gasteiger partial charge in [0.05, 0.1) is 16.5 Å². The Morgan fingerprint density at radius 1 is 1.56 bits per heavy atom. The third-order valence-electron chi connectivity index (χ3n) is 2.48. The minimum Gasteiger partial charge on any atom is -0.395 e. The van der Waals surface area contributed by atoms with Crippen LogP contribution >= 0.6 is 34.5 Å². The Morgan fingerprint density at radius 2 is 2.25 bits per heavy atom. The number of thiophene rings is 1. The van der Waals surface area contributed by atoms with Gasteiger partial charge in [-0.2, -0.15) is 0 Å². The van der Waals surface area contributed by atoms with E-state index in [2.05, 4.69) is 0 Å². The van der Waals surface area contributed by atoms with Gasteiger partial charge in [-0.3, -0.25) is 4.79 Å². The Kier molecular flexibility index (Phi) is 3.74. The monoisotopic (exact) mass is 279 g/mol. The molecule has 0 atom stereocenters.